The molecule has 0 bridgehead atoms. The van der Waals surface area contributed by atoms with Gasteiger partial charge in [-0.05, 0) is 49.1 Å². The molecular formula is C23H26N4O2. The van der Waals surface area contributed by atoms with E-state index in [1.165, 1.54) is 0 Å². The Hall–Kier alpha value is -3.02. The summed E-state index contributed by atoms with van der Waals surface area (Å²) >= 11 is 0. The SMILES string of the molecule is CC(C)CC(=O)C1CCCN(C(=O)c2ccc(-c3cccc4ccnn34)nc2)C1. The van der Waals surface area contributed by atoms with Crippen LogP contribution in [0, 0.1) is 11.8 Å². The predicted molar refractivity (Wildman–Crippen MR) is 112 cm³/mol. The number of hydrogen-bond donors (Lipinski definition) is 0. The first-order valence-corrected chi connectivity index (χ1v) is 10.2. The van der Waals surface area contributed by atoms with E-state index in [4.69, 9.17) is 0 Å². The number of piperidine rings is 1. The number of ketones is 1. The van der Waals surface area contributed by atoms with Gasteiger partial charge in [0, 0.05) is 31.6 Å². The molecule has 29 heavy (non-hydrogen) atoms. The van der Waals surface area contributed by atoms with Gasteiger partial charge in [-0.15, -0.1) is 0 Å². The standard InChI is InChI=1S/C23H26N4O2/c1-16(2)13-22(28)18-5-4-12-26(15-18)23(29)17-8-9-20(24-14-17)21-7-3-6-19-10-11-25-27(19)21/h3,6-11,14,16,18H,4-5,12-13,15H2,1-2H3. The molecule has 1 fully saturated rings. The van der Waals surface area contributed by atoms with Gasteiger partial charge in [0.15, 0.2) is 0 Å². The van der Waals surface area contributed by atoms with E-state index in [2.05, 4.69) is 23.9 Å². The lowest BCUT2D eigenvalue weighted by Gasteiger charge is -2.32. The summed E-state index contributed by atoms with van der Waals surface area (Å²) in [6.45, 7) is 5.32. The van der Waals surface area contributed by atoms with Crippen LogP contribution in [0.25, 0.3) is 16.9 Å². The number of rotatable bonds is 5. The maximum atomic E-state index is 13.0. The smallest absolute Gasteiger partial charge is 0.255 e. The first-order valence-electron chi connectivity index (χ1n) is 10.2. The number of carbonyl (C=O) groups excluding carboxylic acids is 2. The zero-order valence-corrected chi connectivity index (χ0v) is 16.9. The lowest BCUT2D eigenvalue weighted by Crippen LogP contribution is -2.42. The van der Waals surface area contributed by atoms with Crippen LogP contribution < -0.4 is 0 Å². The molecule has 1 unspecified atom stereocenters. The van der Waals surface area contributed by atoms with Gasteiger partial charge >= 0.3 is 0 Å². The number of hydrogen-bond acceptors (Lipinski definition) is 4. The summed E-state index contributed by atoms with van der Waals surface area (Å²) in [5.74, 6) is 0.533. The van der Waals surface area contributed by atoms with Crippen LogP contribution in [0.15, 0.2) is 48.8 Å². The quantitative estimate of drug-likeness (QED) is 0.663. The molecule has 3 aromatic heterocycles. The Labute approximate surface area is 170 Å². The topological polar surface area (TPSA) is 67.6 Å². The number of aromatic nitrogens is 3. The van der Waals surface area contributed by atoms with E-state index in [1.807, 2.05) is 40.9 Å². The van der Waals surface area contributed by atoms with E-state index in [0.717, 1.165) is 29.7 Å². The molecule has 1 aliphatic heterocycles. The Morgan fingerprint density at radius 3 is 2.79 bits per heavy atom. The van der Waals surface area contributed by atoms with Gasteiger partial charge < -0.3 is 4.90 Å². The van der Waals surface area contributed by atoms with Crippen LogP contribution in [0.4, 0.5) is 0 Å². The molecule has 4 heterocycles. The predicted octanol–water partition coefficient (Wildman–Crippen LogP) is 3.86. The zero-order valence-electron chi connectivity index (χ0n) is 16.9. The second-order valence-electron chi connectivity index (χ2n) is 8.17. The molecule has 0 N–H and O–H groups in total. The highest BCUT2D eigenvalue weighted by Gasteiger charge is 2.29. The van der Waals surface area contributed by atoms with E-state index in [1.54, 1.807) is 17.3 Å². The fraction of sp³-hybridized carbons (Fsp3) is 0.391. The minimum atomic E-state index is -0.0524. The van der Waals surface area contributed by atoms with Crippen LogP contribution in [-0.2, 0) is 4.79 Å². The first kappa shape index (κ1) is 19.3. The molecule has 1 amide bonds. The monoisotopic (exact) mass is 390 g/mol. The normalized spacial score (nSPS) is 17.1. The lowest BCUT2D eigenvalue weighted by molar-refractivity contribution is -0.124. The van der Waals surface area contributed by atoms with Crippen LogP contribution in [0.1, 0.15) is 43.5 Å². The summed E-state index contributed by atoms with van der Waals surface area (Å²) in [7, 11) is 0. The summed E-state index contributed by atoms with van der Waals surface area (Å²) in [5, 5.41) is 4.34. The number of nitrogens with zero attached hydrogens (tertiary/aromatic N) is 4. The lowest BCUT2D eigenvalue weighted by atomic mass is 9.89. The third-order valence-corrected chi connectivity index (χ3v) is 5.47. The molecule has 0 aromatic carbocycles. The van der Waals surface area contributed by atoms with Gasteiger partial charge in [0.25, 0.3) is 5.91 Å². The van der Waals surface area contributed by atoms with Crippen molar-refractivity contribution in [3.63, 3.8) is 0 Å². The average molecular weight is 390 g/mol. The maximum absolute atomic E-state index is 13.0. The molecule has 0 saturated carbocycles. The van der Waals surface area contributed by atoms with Crippen molar-refractivity contribution >= 4 is 17.2 Å². The van der Waals surface area contributed by atoms with Crippen LogP contribution >= 0.6 is 0 Å². The highest BCUT2D eigenvalue weighted by molar-refractivity contribution is 5.94. The van der Waals surface area contributed by atoms with E-state index in [9.17, 15) is 9.59 Å². The number of Topliss-reactive ketones (excluding diaryl/α,β-unsaturated/α-hetero) is 1. The van der Waals surface area contributed by atoms with Crippen molar-refractivity contribution in [1.82, 2.24) is 19.5 Å². The Kier molecular flexibility index (Phi) is 5.43. The Balaban J connectivity index is 1.49. The average Bonchev–Trinajstić information content (AvgIpc) is 3.22. The Bertz CT molecular complexity index is 1020. The fourth-order valence-corrected chi connectivity index (χ4v) is 3.99. The largest absolute Gasteiger partial charge is 0.338 e. The molecule has 150 valence electrons. The molecule has 1 atom stereocenters. The van der Waals surface area contributed by atoms with Gasteiger partial charge in [0.05, 0.1) is 28.7 Å². The Morgan fingerprint density at radius 1 is 1.17 bits per heavy atom. The molecule has 0 aliphatic carbocycles. The van der Waals surface area contributed by atoms with Gasteiger partial charge in [-0.25, -0.2) is 4.52 Å². The maximum Gasteiger partial charge on any atom is 0.255 e. The number of amides is 1. The molecular weight excluding hydrogens is 364 g/mol. The molecule has 3 aromatic rings. The highest BCUT2D eigenvalue weighted by Crippen LogP contribution is 2.23. The van der Waals surface area contributed by atoms with E-state index in [0.29, 0.717) is 31.0 Å². The van der Waals surface area contributed by atoms with Gasteiger partial charge in [-0.1, -0.05) is 19.9 Å². The van der Waals surface area contributed by atoms with Crippen molar-refractivity contribution in [2.75, 3.05) is 13.1 Å². The van der Waals surface area contributed by atoms with Crippen molar-refractivity contribution < 1.29 is 9.59 Å². The molecule has 1 saturated heterocycles. The highest BCUT2D eigenvalue weighted by atomic mass is 16.2. The number of pyridine rings is 2. The van der Waals surface area contributed by atoms with E-state index >= 15 is 0 Å². The van der Waals surface area contributed by atoms with Gasteiger partial charge in [-0.3, -0.25) is 14.6 Å². The van der Waals surface area contributed by atoms with Crippen molar-refractivity contribution in [1.29, 1.82) is 0 Å². The zero-order chi connectivity index (χ0) is 20.4. The van der Waals surface area contributed by atoms with Crippen molar-refractivity contribution in [2.45, 2.75) is 33.1 Å². The van der Waals surface area contributed by atoms with Crippen LogP contribution in [0.3, 0.4) is 0 Å². The molecule has 6 heteroatoms. The van der Waals surface area contributed by atoms with Crippen LogP contribution in [-0.4, -0.2) is 44.3 Å². The van der Waals surface area contributed by atoms with Gasteiger partial charge in [0.1, 0.15) is 5.78 Å². The number of likely N-dealkylation sites (tertiary alicyclic amines) is 1. The van der Waals surface area contributed by atoms with Crippen molar-refractivity contribution in [3.05, 3.63) is 54.4 Å². The molecule has 0 radical (unpaired) electrons. The number of carbonyl (C=O) groups is 2. The number of fused-ring (bicyclic) bond motifs is 1. The minimum absolute atomic E-state index is 0.0419. The van der Waals surface area contributed by atoms with Crippen LogP contribution in [0.2, 0.25) is 0 Å². The summed E-state index contributed by atoms with van der Waals surface area (Å²) in [4.78, 5) is 31.7. The minimum Gasteiger partial charge on any atom is -0.338 e. The molecule has 4 rings (SSSR count). The van der Waals surface area contributed by atoms with Crippen LogP contribution in [0.5, 0.6) is 0 Å². The van der Waals surface area contributed by atoms with E-state index in [-0.39, 0.29) is 17.6 Å². The molecule has 0 spiro atoms. The second kappa shape index (κ2) is 8.15. The third kappa shape index (κ3) is 4.06. The molecule has 6 nitrogen and oxygen atoms in total. The first-order chi connectivity index (χ1) is 14.0. The summed E-state index contributed by atoms with van der Waals surface area (Å²) in [6, 6.07) is 11.5. The molecule has 1 aliphatic rings. The van der Waals surface area contributed by atoms with Gasteiger partial charge in [-0.2, -0.15) is 5.10 Å². The summed E-state index contributed by atoms with van der Waals surface area (Å²) < 4.78 is 1.83. The van der Waals surface area contributed by atoms with E-state index < -0.39 is 0 Å². The second-order valence-corrected chi connectivity index (χ2v) is 8.17. The van der Waals surface area contributed by atoms with Gasteiger partial charge in [0.2, 0.25) is 0 Å². The summed E-state index contributed by atoms with van der Waals surface area (Å²) in [6.07, 6.45) is 5.71. The fourth-order valence-electron chi connectivity index (χ4n) is 3.99. The van der Waals surface area contributed by atoms with Crippen molar-refractivity contribution in [2.24, 2.45) is 11.8 Å². The summed E-state index contributed by atoms with van der Waals surface area (Å²) in [5.41, 5.74) is 3.19. The van der Waals surface area contributed by atoms with Crippen molar-refractivity contribution in [3.8, 4) is 11.4 Å². The third-order valence-electron chi connectivity index (χ3n) is 5.47. The Morgan fingerprint density at radius 2 is 2.03 bits per heavy atom.